The first kappa shape index (κ1) is 16.5. The molecule has 1 aromatic heterocycles. The molecule has 1 aliphatic rings. The van der Waals surface area contributed by atoms with Gasteiger partial charge in [-0.3, -0.25) is 4.79 Å². The van der Waals surface area contributed by atoms with Crippen molar-refractivity contribution in [1.29, 1.82) is 0 Å². The van der Waals surface area contributed by atoms with Gasteiger partial charge in [-0.05, 0) is 43.9 Å². The number of aromatic hydroxyl groups is 1. The van der Waals surface area contributed by atoms with Crippen LogP contribution in [0.15, 0.2) is 27.4 Å². The smallest absolute Gasteiger partial charge is 0.339 e. The summed E-state index contributed by atoms with van der Waals surface area (Å²) in [5.41, 5.74) is 1.18. The van der Waals surface area contributed by atoms with Gasteiger partial charge >= 0.3 is 5.63 Å². The summed E-state index contributed by atoms with van der Waals surface area (Å²) in [6.07, 6.45) is 2.66. The summed E-state index contributed by atoms with van der Waals surface area (Å²) >= 11 is 0. The Kier molecular flexibility index (Phi) is 4.85. The monoisotopic (exact) mass is 331 g/mol. The molecular weight excluding hydrogens is 310 g/mol. The molecule has 0 radical (unpaired) electrons. The van der Waals surface area contributed by atoms with E-state index in [4.69, 9.17) is 9.15 Å². The Hall–Kier alpha value is -2.34. The predicted molar refractivity (Wildman–Crippen MR) is 89.2 cm³/mol. The van der Waals surface area contributed by atoms with Gasteiger partial charge in [-0.2, -0.15) is 0 Å². The van der Waals surface area contributed by atoms with Crippen LogP contribution in [0, 0.1) is 6.92 Å². The molecule has 3 rings (SSSR count). The lowest BCUT2D eigenvalue weighted by Crippen LogP contribution is -2.32. The number of carbonyl (C=O) groups is 1. The van der Waals surface area contributed by atoms with Crippen LogP contribution in [0.5, 0.6) is 5.75 Å². The minimum Gasteiger partial charge on any atom is -0.508 e. The van der Waals surface area contributed by atoms with Crippen LogP contribution in [0.25, 0.3) is 11.0 Å². The molecule has 0 bridgehead atoms. The van der Waals surface area contributed by atoms with E-state index in [1.807, 2.05) is 6.92 Å². The van der Waals surface area contributed by atoms with E-state index in [-0.39, 0.29) is 24.2 Å². The van der Waals surface area contributed by atoms with Crippen LogP contribution >= 0.6 is 0 Å². The maximum absolute atomic E-state index is 12.1. The van der Waals surface area contributed by atoms with Crippen molar-refractivity contribution in [3.63, 3.8) is 0 Å². The quantitative estimate of drug-likeness (QED) is 0.819. The summed E-state index contributed by atoms with van der Waals surface area (Å²) in [5, 5.41) is 13.1. The summed E-state index contributed by atoms with van der Waals surface area (Å²) in [6.45, 7) is 3.10. The van der Waals surface area contributed by atoms with Crippen LogP contribution in [0.4, 0.5) is 0 Å². The van der Waals surface area contributed by atoms with Gasteiger partial charge in [0.25, 0.3) is 0 Å². The van der Waals surface area contributed by atoms with Gasteiger partial charge in [-0.15, -0.1) is 0 Å². The fourth-order valence-corrected chi connectivity index (χ4v) is 3.03. The first-order chi connectivity index (χ1) is 11.5. The number of nitrogens with one attached hydrogen (secondary N) is 1. The molecule has 6 nitrogen and oxygen atoms in total. The number of hydrogen-bond acceptors (Lipinski definition) is 5. The first-order valence-electron chi connectivity index (χ1n) is 8.18. The minimum absolute atomic E-state index is 0.0475. The second-order valence-corrected chi connectivity index (χ2v) is 6.11. The highest BCUT2D eigenvalue weighted by Crippen LogP contribution is 2.23. The van der Waals surface area contributed by atoms with Crippen molar-refractivity contribution in [3.05, 3.63) is 39.7 Å². The molecule has 1 fully saturated rings. The lowest BCUT2D eigenvalue weighted by atomic mass is 10.0. The lowest BCUT2D eigenvalue weighted by molar-refractivity contribution is -0.121. The second kappa shape index (κ2) is 7.05. The van der Waals surface area contributed by atoms with Crippen molar-refractivity contribution in [2.45, 2.75) is 38.7 Å². The van der Waals surface area contributed by atoms with Crippen molar-refractivity contribution in [1.82, 2.24) is 5.32 Å². The number of fused-ring (bicyclic) bond motifs is 1. The molecule has 0 aliphatic carbocycles. The normalized spacial score (nSPS) is 17.3. The number of ether oxygens (including phenoxy) is 1. The third-order valence-electron chi connectivity index (χ3n) is 4.42. The molecule has 2 aromatic rings. The number of amides is 1. The maximum atomic E-state index is 12.1. The predicted octanol–water partition coefficient (Wildman–Crippen LogP) is 2.03. The Morgan fingerprint density at radius 1 is 1.42 bits per heavy atom. The van der Waals surface area contributed by atoms with Crippen LogP contribution in [-0.2, 0) is 16.0 Å². The Morgan fingerprint density at radius 2 is 2.25 bits per heavy atom. The number of phenolic OH excluding ortho intramolecular Hbond substituents is 1. The van der Waals surface area contributed by atoms with Crippen molar-refractivity contribution in [2.24, 2.45) is 0 Å². The molecule has 1 aromatic carbocycles. The topological polar surface area (TPSA) is 88.8 Å². The molecule has 2 heterocycles. The van der Waals surface area contributed by atoms with Gasteiger partial charge < -0.3 is 19.6 Å². The summed E-state index contributed by atoms with van der Waals surface area (Å²) < 4.78 is 10.7. The highest BCUT2D eigenvalue weighted by Gasteiger charge is 2.17. The molecule has 0 spiro atoms. The molecule has 0 saturated carbocycles. The molecule has 1 amide bonds. The van der Waals surface area contributed by atoms with Crippen molar-refractivity contribution >= 4 is 16.9 Å². The van der Waals surface area contributed by atoms with Gasteiger partial charge in [0.2, 0.25) is 5.91 Å². The molecule has 1 aliphatic heterocycles. The summed E-state index contributed by atoms with van der Waals surface area (Å²) in [7, 11) is 0. The van der Waals surface area contributed by atoms with Crippen LogP contribution in [0.1, 0.15) is 30.4 Å². The first-order valence-corrected chi connectivity index (χ1v) is 8.18. The van der Waals surface area contributed by atoms with E-state index in [1.165, 1.54) is 6.07 Å². The zero-order valence-electron chi connectivity index (χ0n) is 13.6. The van der Waals surface area contributed by atoms with E-state index in [0.29, 0.717) is 24.1 Å². The number of hydrogen-bond donors (Lipinski definition) is 2. The fraction of sp³-hybridized carbons (Fsp3) is 0.444. The molecule has 0 unspecified atom stereocenters. The van der Waals surface area contributed by atoms with E-state index in [1.54, 1.807) is 12.1 Å². The third-order valence-corrected chi connectivity index (χ3v) is 4.42. The van der Waals surface area contributed by atoms with Crippen LogP contribution in [0.3, 0.4) is 0 Å². The molecule has 6 heteroatoms. The second-order valence-electron chi connectivity index (χ2n) is 6.11. The van der Waals surface area contributed by atoms with Gasteiger partial charge in [-0.1, -0.05) is 0 Å². The summed E-state index contributed by atoms with van der Waals surface area (Å²) in [4.78, 5) is 24.1. The SMILES string of the molecule is Cc1c(CCC(=O)NC[C@H]2CCCO2)c(=O)oc2cc(O)ccc12. The van der Waals surface area contributed by atoms with Gasteiger partial charge in [-0.25, -0.2) is 4.79 Å². The van der Waals surface area contributed by atoms with E-state index in [0.717, 1.165) is 30.4 Å². The number of carbonyl (C=O) groups excluding carboxylic acids is 1. The number of rotatable bonds is 5. The summed E-state index contributed by atoms with van der Waals surface area (Å²) in [6, 6.07) is 4.68. The molecule has 1 atom stereocenters. The highest BCUT2D eigenvalue weighted by atomic mass is 16.5. The lowest BCUT2D eigenvalue weighted by Gasteiger charge is -2.11. The Morgan fingerprint density at radius 3 is 3.00 bits per heavy atom. The molecule has 1 saturated heterocycles. The Balaban J connectivity index is 1.67. The molecule has 24 heavy (non-hydrogen) atoms. The largest absolute Gasteiger partial charge is 0.508 e. The maximum Gasteiger partial charge on any atom is 0.339 e. The number of aryl methyl sites for hydroxylation is 1. The van der Waals surface area contributed by atoms with Crippen LogP contribution in [-0.4, -0.2) is 30.3 Å². The van der Waals surface area contributed by atoms with Gasteiger partial charge in [0.1, 0.15) is 11.3 Å². The number of benzene rings is 1. The highest BCUT2D eigenvalue weighted by molar-refractivity contribution is 5.82. The van der Waals surface area contributed by atoms with Crippen molar-refractivity contribution in [3.8, 4) is 5.75 Å². The van der Waals surface area contributed by atoms with Crippen molar-refractivity contribution in [2.75, 3.05) is 13.2 Å². The van der Waals surface area contributed by atoms with E-state index >= 15 is 0 Å². The van der Waals surface area contributed by atoms with Crippen LogP contribution in [0.2, 0.25) is 0 Å². The van der Waals surface area contributed by atoms with E-state index in [9.17, 15) is 14.7 Å². The van der Waals surface area contributed by atoms with Gasteiger partial charge in [0, 0.05) is 36.6 Å². The molecular formula is C18H21NO5. The standard InChI is InChI=1S/C18H21NO5/c1-11-14-5-4-12(20)9-16(14)24-18(22)15(11)6-7-17(21)19-10-13-3-2-8-23-13/h4-5,9,13,20H,2-3,6-8,10H2,1H3,(H,19,21)/t13-/m1/s1. The molecule has 128 valence electrons. The van der Waals surface area contributed by atoms with Crippen molar-refractivity contribution < 1.29 is 19.1 Å². The minimum atomic E-state index is -0.461. The average molecular weight is 331 g/mol. The fourth-order valence-electron chi connectivity index (χ4n) is 3.03. The molecule has 2 N–H and O–H groups in total. The van der Waals surface area contributed by atoms with Crippen LogP contribution < -0.4 is 10.9 Å². The van der Waals surface area contributed by atoms with E-state index < -0.39 is 5.63 Å². The number of phenols is 1. The Bertz CT molecular complexity index is 805. The zero-order valence-corrected chi connectivity index (χ0v) is 13.6. The van der Waals surface area contributed by atoms with Gasteiger partial charge in [0.15, 0.2) is 0 Å². The average Bonchev–Trinajstić information content (AvgIpc) is 3.05. The van der Waals surface area contributed by atoms with Gasteiger partial charge in [0.05, 0.1) is 6.10 Å². The zero-order chi connectivity index (χ0) is 17.1. The third kappa shape index (κ3) is 3.59. The summed E-state index contributed by atoms with van der Waals surface area (Å²) in [5.74, 6) is -0.0542. The van der Waals surface area contributed by atoms with E-state index in [2.05, 4.69) is 5.32 Å². The Labute approximate surface area is 139 Å².